The van der Waals surface area contributed by atoms with Gasteiger partial charge in [-0.25, -0.2) is 0 Å². The molecule has 1 atom stereocenters. The Morgan fingerprint density at radius 3 is 2.61 bits per heavy atom. The number of aryl methyl sites for hydroxylation is 1. The molecule has 0 saturated heterocycles. The highest BCUT2D eigenvalue weighted by atomic mass is 16.2. The summed E-state index contributed by atoms with van der Waals surface area (Å²) in [5.41, 5.74) is 4.47. The number of rotatable bonds is 5. The molecule has 3 heterocycles. The molecule has 2 amide bonds. The van der Waals surface area contributed by atoms with Gasteiger partial charge in [-0.2, -0.15) is 0 Å². The molecule has 0 fully saturated rings. The van der Waals surface area contributed by atoms with Gasteiger partial charge in [-0.1, -0.05) is 42.5 Å². The van der Waals surface area contributed by atoms with Gasteiger partial charge in [-0.05, 0) is 29.8 Å². The number of para-hydroxylation sites is 1. The zero-order valence-electron chi connectivity index (χ0n) is 17.2. The van der Waals surface area contributed by atoms with E-state index < -0.39 is 0 Å². The van der Waals surface area contributed by atoms with Crippen molar-refractivity contribution in [2.24, 2.45) is 7.05 Å². The average molecular weight is 410 g/mol. The van der Waals surface area contributed by atoms with Crippen LogP contribution in [0.1, 0.15) is 33.2 Å². The summed E-state index contributed by atoms with van der Waals surface area (Å²) in [6.45, 7) is 0.307. The van der Waals surface area contributed by atoms with Crippen molar-refractivity contribution in [3.63, 3.8) is 0 Å². The zero-order chi connectivity index (χ0) is 21.4. The Morgan fingerprint density at radius 1 is 1.00 bits per heavy atom. The number of nitrogens with zero attached hydrogens (tertiary/aromatic N) is 3. The topological polar surface area (TPSA) is 67.2 Å². The van der Waals surface area contributed by atoms with Crippen molar-refractivity contribution in [3.8, 4) is 0 Å². The first-order chi connectivity index (χ1) is 15.1. The predicted molar refractivity (Wildman–Crippen MR) is 118 cm³/mol. The fourth-order valence-electron chi connectivity index (χ4n) is 4.36. The van der Waals surface area contributed by atoms with Gasteiger partial charge in [0.15, 0.2) is 0 Å². The van der Waals surface area contributed by atoms with Crippen molar-refractivity contribution >= 4 is 22.7 Å². The molecular formula is C25H22N4O2. The molecule has 1 aliphatic heterocycles. The number of hydrogen-bond acceptors (Lipinski definition) is 3. The van der Waals surface area contributed by atoms with E-state index in [4.69, 9.17) is 0 Å². The van der Waals surface area contributed by atoms with E-state index in [-0.39, 0.29) is 24.4 Å². The van der Waals surface area contributed by atoms with E-state index in [2.05, 4.69) is 33.2 Å². The van der Waals surface area contributed by atoms with Crippen molar-refractivity contribution in [2.75, 3.05) is 6.54 Å². The molecule has 0 aliphatic carbocycles. The number of hydrogen-bond donors (Lipinski definition) is 1. The van der Waals surface area contributed by atoms with E-state index in [0.29, 0.717) is 12.1 Å². The molecule has 5 rings (SSSR count). The van der Waals surface area contributed by atoms with Crippen LogP contribution < -0.4 is 5.32 Å². The summed E-state index contributed by atoms with van der Waals surface area (Å²) in [7, 11) is 2.00. The highest BCUT2D eigenvalue weighted by Crippen LogP contribution is 2.41. The third-order valence-electron chi connectivity index (χ3n) is 5.79. The number of benzene rings is 2. The molecule has 2 aromatic carbocycles. The van der Waals surface area contributed by atoms with Crippen molar-refractivity contribution in [1.29, 1.82) is 0 Å². The van der Waals surface area contributed by atoms with Gasteiger partial charge in [-0.15, -0.1) is 0 Å². The number of pyridine rings is 1. The molecule has 4 aromatic rings. The molecule has 6 heteroatoms. The molecule has 1 aliphatic rings. The van der Waals surface area contributed by atoms with Gasteiger partial charge in [0.2, 0.25) is 5.91 Å². The Morgan fingerprint density at radius 2 is 1.77 bits per heavy atom. The molecule has 1 N–H and O–H groups in total. The Labute approximate surface area is 180 Å². The Hall–Kier alpha value is -3.93. The van der Waals surface area contributed by atoms with Gasteiger partial charge in [0.1, 0.15) is 6.54 Å². The first-order valence-electron chi connectivity index (χ1n) is 10.2. The van der Waals surface area contributed by atoms with Crippen molar-refractivity contribution in [1.82, 2.24) is 19.8 Å². The van der Waals surface area contributed by atoms with Gasteiger partial charge in [0.25, 0.3) is 5.91 Å². The maximum absolute atomic E-state index is 13.3. The van der Waals surface area contributed by atoms with Crippen LogP contribution in [0.25, 0.3) is 10.9 Å². The maximum atomic E-state index is 13.3. The minimum atomic E-state index is -0.310. The summed E-state index contributed by atoms with van der Waals surface area (Å²) < 4.78 is 2.06. The van der Waals surface area contributed by atoms with Crippen LogP contribution in [0.2, 0.25) is 0 Å². The second-order valence-electron chi connectivity index (χ2n) is 7.73. The second kappa shape index (κ2) is 7.72. The molecule has 31 heavy (non-hydrogen) atoms. The fraction of sp³-hybridized carbons (Fsp3) is 0.160. The van der Waals surface area contributed by atoms with Gasteiger partial charge in [0.05, 0.1) is 18.3 Å². The van der Waals surface area contributed by atoms with E-state index in [1.807, 2.05) is 61.6 Å². The van der Waals surface area contributed by atoms with E-state index in [0.717, 1.165) is 27.7 Å². The van der Waals surface area contributed by atoms with Crippen molar-refractivity contribution in [3.05, 3.63) is 102 Å². The van der Waals surface area contributed by atoms with Crippen LogP contribution in [0.3, 0.4) is 0 Å². The Bertz CT molecular complexity index is 1280. The number of nitrogens with one attached hydrogen (secondary N) is 1. The molecule has 0 radical (unpaired) electrons. The summed E-state index contributed by atoms with van der Waals surface area (Å²) in [6.07, 6.45) is 3.75. The van der Waals surface area contributed by atoms with E-state index in [1.165, 1.54) is 0 Å². The SMILES string of the molecule is Cn1cc(C2c3ccccc3C(=O)N2CC(=O)NCc2ccccn2)c2ccccc21. The summed E-state index contributed by atoms with van der Waals surface area (Å²) in [6, 6.07) is 21.0. The summed E-state index contributed by atoms with van der Waals surface area (Å²) in [5, 5.41) is 3.97. The minimum Gasteiger partial charge on any atom is -0.350 e. The Kier molecular flexibility index (Phi) is 4.75. The third-order valence-corrected chi connectivity index (χ3v) is 5.79. The molecule has 0 saturated carbocycles. The van der Waals surface area contributed by atoms with Gasteiger partial charge in [0, 0.05) is 41.5 Å². The summed E-state index contributed by atoms with van der Waals surface area (Å²) in [5.74, 6) is -0.335. The predicted octanol–water partition coefficient (Wildman–Crippen LogP) is 3.43. The number of fused-ring (bicyclic) bond motifs is 2. The molecular weight excluding hydrogens is 388 g/mol. The smallest absolute Gasteiger partial charge is 0.255 e. The number of aromatic nitrogens is 2. The van der Waals surface area contributed by atoms with Gasteiger partial charge >= 0.3 is 0 Å². The quantitative estimate of drug-likeness (QED) is 0.548. The lowest BCUT2D eigenvalue weighted by molar-refractivity contribution is -0.122. The van der Waals surface area contributed by atoms with Gasteiger partial charge in [-0.3, -0.25) is 14.6 Å². The summed E-state index contributed by atoms with van der Waals surface area (Å²) >= 11 is 0. The number of carbonyl (C=O) groups is 2. The molecule has 6 nitrogen and oxygen atoms in total. The van der Waals surface area contributed by atoms with Crippen LogP contribution in [0, 0.1) is 0 Å². The monoisotopic (exact) mass is 410 g/mol. The number of amides is 2. The largest absolute Gasteiger partial charge is 0.350 e. The van der Waals surface area contributed by atoms with E-state index in [1.54, 1.807) is 11.1 Å². The van der Waals surface area contributed by atoms with Crippen LogP contribution in [0.4, 0.5) is 0 Å². The minimum absolute atomic E-state index is 0.0196. The van der Waals surface area contributed by atoms with Crippen LogP contribution in [0.15, 0.2) is 79.1 Å². The van der Waals surface area contributed by atoms with Gasteiger partial charge < -0.3 is 14.8 Å². The molecule has 0 bridgehead atoms. The molecule has 1 unspecified atom stereocenters. The zero-order valence-corrected chi connectivity index (χ0v) is 17.2. The standard InChI is InChI=1S/C25H22N4O2/c1-28-15-21(18-9-4-5-12-22(18)28)24-19-10-2-3-11-20(19)25(31)29(24)16-23(30)27-14-17-8-6-7-13-26-17/h2-13,15,24H,14,16H2,1H3,(H,27,30). The average Bonchev–Trinajstić information content (AvgIpc) is 3.27. The van der Waals surface area contributed by atoms with E-state index >= 15 is 0 Å². The summed E-state index contributed by atoms with van der Waals surface area (Å²) in [4.78, 5) is 31.9. The second-order valence-corrected chi connectivity index (χ2v) is 7.73. The third kappa shape index (κ3) is 3.36. The fourth-order valence-corrected chi connectivity index (χ4v) is 4.36. The lowest BCUT2D eigenvalue weighted by Gasteiger charge is -2.25. The van der Waals surface area contributed by atoms with Crippen LogP contribution in [0.5, 0.6) is 0 Å². The lowest BCUT2D eigenvalue weighted by Crippen LogP contribution is -2.39. The molecule has 0 spiro atoms. The maximum Gasteiger partial charge on any atom is 0.255 e. The first kappa shape index (κ1) is 19.1. The first-order valence-corrected chi connectivity index (χ1v) is 10.2. The highest BCUT2D eigenvalue weighted by molar-refractivity contribution is 6.02. The van der Waals surface area contributed by atoms with Crippen LogP contribution in [-0.4, -0.2) is 32.8 Å². The number of carbonyl (C=O) groups excluding carboxylic acids is 2. The van der Waals surface area contributed by atoms with E-state index in [9.17, 15) is 9.59 Å². The van der Waals surface area contributed by atoms with Crippen molar-refractivity contribution < 1.29 is 9.59 Å². The lowest BCUT2D eigenvalue weighted by atomic mass is 9.97. The van der Waals surface area contributed by atoms with Crippen LogP contribution in [-0.2, 0) is 18.4 Å². The van der Waals surface area contributed by atoms with Crippen molar-refractivity contribution in [2.45, 2.75) is 12.6 Å². The Balaban J connectivity index is 1.48. The van der Waals surface area contributed by atoms with Crippen LogP contribution >= 0.6 is 0 Å². The molecule has 2 aromatic heterocycles. The normalized spacial score (nSPS) is 15.3. The molecule has 154 valence electrons. The highest BCUT2D eigenvalue weighted by Gasteiger charge is 2.39.